The van der Waals surface area contributed by atoms with Crippen LogP contribution in [0.15, 0.2) is 48.5 Å². The van der Waals surface area contributed by atoms with Gasteiger partial charge in [-0.15, -0.1) is 0 Å². The molecule has 0 aromatic heterocycles. The van der Waals surface area contributed by atoms with Gasteiger partial charge in [0.15, 0.2) is 0 Å². The highest BCUT2D eigenvalue weighted by Gasteiger charge is 2.27. The molecule has 2 aromatic carbocycles. The van der Waals surface area contributed by atoms with Gasteiger partial charge in [-0.1, -0.05) is 13.0 Å². The molecular weight excluding hydrogens is 447 g/mol. The predicted molar refractivity (Wildman–Crippen MR) is 107 cm³/mol. The molecule has 2 N–H and O–H groups in total. The van der Waals surface area contributed by atoms with Crippen molar-refractivity contribution < 1.29 is 14.7 Å². The van der Waals surface area contributed by atoms with Crippen LogP contribution in [0.2, 0.25) is 0 Å². The maximum atomic E-state index is 12.7. The first-order chi connectivity index (χ1) is 12.5. The molecule has 0 bridgehead atoms. The van der Waals surface area contributed by atoms with Gasteiger partial charge >= 0.3 is 12.1 Å². The lowest BCUT2D eigenvalue weighted by Crippen LogP contribution is -2.51. The molecule has 0 unspecified atom stereocenters. The van der Waals surface area contributed by atoms with Crippen LogP contribution in [0.5, 0.6) is 0 Å². The van der Waals surface area contributed by atoms with Gasteiger partial charge in [-0.2, -0.15) is 10.3 Å². The van der Waals surface area contributed by atoms with Gasteiger partial charge in [0.1, 0.15) is 0 Å². The van der Waals surface area contributed by atoms with E-state index in [0.29, 0.717) is 17.7 Å². The molecule has 3 amide bonds. The summed E-state index contributed by atoms with van der Waals surface area (Å²) in [6, 6.07) is 14.7. The molecule has 0 aliphatic heterocycles. The number of benzene rings is 2. The van der Waals surface area contributed by atoms with Crippen molar-refractivity contribution in [1.29, 1.82) is 5.26 Å². The minimum atomic E-state index is -1.31. The summed E-state index contributed by atoms with van der Waals surface area (Å²) in [7, 11) is 0. The lowest BCUT2D eigenvalue weighted by atomic mass is 10.2. The Balaban J connectivity index is 2.33. The number of nitriles is 1. The number of hydrogen-bond donors (Lipinski definition) is 2. The van der Waals surface area contributed by atoms with Crippen LogP contribution in [0.25, 0.3) is 0 Å². The summed E-state index contributed by atoms with van der Waals surface area (Å²) in [5.41, 5.74) is 1.10. The molecule has 2 aromatic rings. The third-order valence-corrected chi connectivity index (χ3v) is 4.13. The van der Waals surface area contributed by atoms with E-state index in [2.05, 4.69) is 27.9 Å². The summed E-state index contributed by atoms with van der Waals surface area (Å²) in [5, 5.41) is 23.4. The number of urea groups is 1. The van der Waals surface area contributed by atoms with Gasteiger partial charge in [-0.3, -0.25) is 0 Å². The molecule has 0 saturated carbocycles. The largest absolute Gasteiger partial charge is 0.463 e. The molecule has 0 spiro atoms. The summed E-state index contributed by atoms with van der Waals surface area (Å²) in [6.07, 6.45) is -0.756. The first kappa shape index (κ1) is 19.5. The van der Waals surface area contributed by atoms with Gasteiger partial charge in [0.05, 0.1) is 17.3 Å². The first-order valence-electron chi connectivity index (χ1n) is 7.83. The number of nitrogens with zero attached hydrogens (tertiary/aromatic N) is 3. The normalized spacial score (nSPS) is 9.88. The van der Waals surface area contributed by atoms with Crippen LogP contribution < -0.4 is 10.3 Å². The Morgan fingerprint density at radius 2 is 1.92 bits per heavy atom. The summed E-state index contributed by atoms with van der Waals surface area (Å²) < 4.78 is 1.02. The number of carbonyl (C=O) groups is 2. The second-order valence-corrected chi connectivity index (χ2v) is 6.56. The van der Waals surface area contributed by atoms with Crippen molar-refractivity contribution >= 4 is 46.1 Å². The van der Waals surface area contributed by atoms with E-state index >= 15 is 0 Å². The standard InChI is InChI=1S/C18H17IN4O3/c1-2-10-22(17(24)21-15-8-6-14(19)7-9-15)23(18(25)26)16-5-3-4-13(11-16)12-20/h3-9,11H,2,10H2,1H3,(H,21,24)(H,25,26). The number of hydrogen-bond acceptors (Lipinski definition) is 3. The number of rotatable bonds is 4. The van der Waals surface area contributed by atoms with Gasteiger partial charge in [0.2, 0.25) is 0 Å². The Labute approximate surface area is 164 Å². The molecule has 0 fully saturated rings. The molecule has 0 aliphatic rings. The second-order valence-electron chi connectivity index (χ2n) is 5.32. The second kappa shape index (κ2) is 9.05. The average Bonchev–Trinajstić information content (AvgIpc) is 2.63. The van der Waals surface area contributed by atoms with Crippen LogP contribution in [0.4, 0.5) is 21.0 Å². The zero-order valence-electron chi connectivity index (χ0n) is 14.0. The number of halogens is 1. The molecule has 134 valence electrons. The van der Waals surface area contributed by atoms with E-state index in [1.54, 1.807) is 24.3 Å². The van der Waals surface area contributed by atoms with Gasteiger partial charge < -0.3 is 10.4 Å². The minimum Gasteiger partial charge on any atom is -0.463 e. The third kappa shape index (κ3) is 4.86. The van der Waals surface area contributed by atoms with Crippen molar-refractivity contribution in [3.05, 3.63) is 57.7 Å². The lowest BCUT2D eigenvalue weighted by molar-refractivity contribution is 0.170. The van der Waals surface area contributed by atoms with Gasteiger partial charge in [-0.05, 0) is 71.5 Å². The Morgan fingerprint density at radius 1 is 1.23 bits per heavy atom. The summed E-state index contributed by atoms with van der Waals surface area (Å²) in [4.78, 5) is 24.5. The molecule has 0 radical (unpaired) electrons. The van der Waals surface area contributed by atoms with Crippen molar-refractivity contribution in [2.24, 2.45) is 0 Å². The Kier molecular flexibility index (Phi) is 6.80. The highest BCUT2D eigenvalue weighted by Crippen LogP contribution is 2.20. The summed E-state index contributed by atoms with van der Waals surface area (Å²) in [6.45, 7) is 2.04. The van der Waals surface area contributed by atoms with Gasteiger partial charge in [0, 0.05) is 15.8 Å². The molecule has 0 atom stereocenters. The van der Waals surface area contributed by atoms with Crippen LogP contribution >= 0.6 is 22.6 Å². The van der Waals surface area contributed by atoms with Crippen molar-refractivity contribution in [1.82, 2.24) is 5.01 Å². The quantitative estimate of drug-likeness (QED) is 0.514. The van der Waals surface area contributed by atoms with E-state index in [4.69, 9.17) is 5.26 Å². The molecule has 0 saturated heterocycles. The highest BCUT2D eigenvalue weighted by atomic mass is 127. The number of hydrazine groups is 1. The number of nitrogens with one attached hydrogen (secondary N) is 1. The van der Waals surface area contributed by atoms with Crippen LogP contribution in [-0.2, 0) is 0 Å². The summed E-state index contributed by atoms with van der Waals surface area (Å²) in [5.74, 6) is 0. The maximum absolute atomic E-state index is 12.7. The number of carbonyl (C=O) groups excluding carboxylic acids is 1. The fourth-order valence-corrected chi connectivity index (χ4v) is 2.65. The predicted octanol–water partition coefficient (Wildman–Crippen LogP) is 4.51. The van der Waals surface area contributed by atoms with Crippen molar-refractivity contribution in [2.75, 3.05) is 16.9 Å². The van der Waals surface area contributed by atoms with E-state index in [0.717, 1.165) is 13.6 Å². The molecular formula is C18H17IN4O3. The topological polar surface area (TPSA) is 96.7 Å². The molecule has 0 aliphatic carbocycles. The van der Waals surface area contributed by atoms with Gasteiger partial charge in [0.25, 0.3) is 0 Å². The lowest BCUT2D eigenvalue weighted by Gasteiger charge is -2.32. The van der Waals surface area contributed by atoms with Crippen LogP contribution in [-0.4, -0.2) is 28.8 Å². The van der Waals surface area contributed by atoms with Gasteiger partial charge in [-0.25, -0.2) is 14.6 Å². The SMILES string of the molecule is CCCN(C(=O)Nc1ccc(I)cc1)N(C(=O)O)c1cccc(C#N)c1. The Bertz CT molecular complexity index is 833. The zero-order chi connectivity index (χ0) is 19.1. The molecule has 26 heavy (non-hydrogen) atoms. The zero-order valence-corrected chi connectivity index (χ0v) is 16.2. The number of amides is 3. The van der Waals surface area contributed by atoms with E-state index in [1.807, 2.05) is 25.1 Å². The van der Waals surface area contributed by atoms with E-state index in [-0.39, 0.29) is 12.2 Å². The van der Waals surface area contributed by atoms with Crippen molar-refractivity contribution in [3.63, 3.8) is 0 Å². The smallest absolute Gasteiger partial charge is 0.431 e. The molecule has 8 heteroatoms. The van der Waals surface area contributed by atoms with Crippen LogP contribution in [0.1, 0.15) is 18.9 Å². The Morgan fingerprint density at radius 3 is 2.50 bits per heavy atom. The van der Waals surface area contributed by atoms with E-state index < -0.39 is 12.1 Å². The minimum absolute atomic E-state index is 0.194. The highest BCUT2D eigenvalue weighted by molar-refractivity contribution is 14.1. The maximum Gasteiger partial charge on any atom is 0.431 e. The van der Waals surface area contributed by atoms with Crippen LogP contribution in [0.3, 0.4) is 0 Å². The van der Waals surface area contributed by atoms with Crippen molar-refractivity contribution in [3.8, 4) is 6.07 Å². The third-order valence-electron chi connectivity index (χ3n) is 3.41. The molecule has 2 rings (SSSR count). The first-order valence-corrected chi connectivity index (χ1v) is 8.91. The van der Waals surface area contributed by atoms with E-state index in [9.17, 15) is 14.7 Å². The van der Waals surface area contributed by atoms with E-state index in [1.165, 1.54) is 12.1 Å². The molecule has 0 heterocycles. The Hall–Kier alpha value is -2.80. The average molecular weight is 464 g/mol. The monoisotopic (exact) mass is 464 g/mol. The summed E-state index contributed by atoms with van der Waals surface area (Å²) >= 11 is 2.16. The van der Waals surface area contributed by atoms with Crippen molar-refractivity contribution in [2.45, 2.75) is 13.3 Å². The number of carboxylic acid groups (broad SMARTS) is 1. The van der Waals surface area contributed by atoms with Crippen LogP contribution in [0, 0.1) is 14.9 Å². The number of anilines is 2. The fourth-order valence-electron chi connectivity index (χ4n) is 2.29. The fraction of sp³-hybridized carbons (Fsp3) is 0.167. The molecule has 7 nitrogen and oxygen atoms in total.